The molecule has 80 valence electrons. The maximum absolute atomic E-state index is 8.84. The van der Waals surface area contributed by atoms with Crippen LogP contribution in [0.15, 0.2) is 12.1 Å². The number of nitrogens with zero attached hydrogens (tertiary/aromatic N) is 3. The van der Waals surface area contributed by atoms with Crippen LogP contribution in [-0.4, -0.2) is 15.7 Å². The fraction of sp³-hybridized carbons (Fsp3) is 0.545. The molecule has 1 aromatic heterocycles. The molecule has 15 heavy (non-hydrogen) atoms. The van der Waals surface area contributed by atoms with Crippen LogP contribution in [0.3, 0.4) is 0 Å². The molecule has 0 radical (unpaired) electrons. The first-order valence-corrected chi connectivity index (χ1v) is 4.97. The highest BCUT2D eigenvalue weighted by Crippen LogP contribution is 2.14. The summed E-state index contributed by atoms with van der Waals surface area (Å²) in [6.45, 7) is 7.72. The van der Waals surface area contributed by atoms with Crippen molar-refractivity contribution < 1.29 is 0 Å². The van der Waals surface area contributed by atoms with Crippen LogP contribution in [-0.2, 0) is 0 Å². The number of rotatable bonds is 3. The van der Waals surface area contributed by atoms with Gasteiger partial charge in [0.1, 0.15) is 11.4 Å². The van der Waals surface area contributed by atoms with Gasteiger partial charge in [0.2, 0.25) is 0 Å². The first-order chi connectivity index (χ1) is 6.94. The summed E-state index contributed by atoms with van der Waals surface area (Å²) in [6, 6.07) is 5.92. The van der Waals surface area contributed by atoms with Crippen molar-refractivity contribution in [2.75, 3.05) is 5.32 Å². The van der Waals surface area contributed by atoms with Gasteiger partial charge in [-0.3, -0.25) is 0 Å². The first kappa shape index (κ1) is 11.4. The third kappa shape index (κ3) is 3.21. The summed E-state index contributed by atoms with van der Waals surface area (Å²) in [5, 5.41) is 19.9. The summed E-state index contributed by atoms with van der Waals surface area (Å²) in [5.74, 6) is 1.00. The Hall–Kier alpha value is -1.63. The second-order valence-electron chi connectivity index (χ2n) is 4.36. The van der Waals surface area contributed by atoms with Gasteiger partial charge in [-0.2, -0.15) is 10.4 Å². The van der Waals surface area contributed by atoms with E-state index in [2.05, 4.69) is 35.4 Å². The molecule has 0 amide bonds. The van der Waals surface area contributed by atoms with Gasteiger partial charge in [0.05, 0.1) is 11.8 Å². The third-order valence-corrected chi connectivity index (χ3v) is 2.00. The van der Waals surface area contributed by atoms with Gasteiger partial charge in [0.15, 0.2) is 0 Å². The van der Waals surface area contributed by atoms with Gasteiger partial charge >= 0.3 is 0 Å². The second kappa shape index (κ2) is 4.26. The topological polar surface area (TPSA) is 61.6 Å². The van der Waals surface area contributed by atoms with E-state index in [4.69, 9.17) is 5.26 Å². The summed E-state index contributed by atoms with van der Waals surface area (Å²) in [7, 11) is 0. The molecule has 4 nitrogen and oxygen atoms in total. The van der Waals surface area contributed by atoms with Crippen molar-refractivity contribution in [3.63, 3.8) is 0 Å². The van der Waals surface area contributed by atoms with Gasteiger partial charge in [-0.05, 0) is 31.9 Å². The fourth-order valence-corrected chi connectivity index (χ4v) is 1.07. The predicted octanol–water partition coefficient (Wildman–Crippen LogP) is 2.31. The van der Waals surface area contributed by atoms with E-state index in [1.54, 1.807) is 13.8 Å². The van der Waals surface area contributed by atoms with Gasteiger partial charge in [0, 0.05) is 0 Å². The van der Waals surface area contributed by atoms with Crippen molar-refractivity contribution >= 4 is 5.82 Å². The molecule has 4 heteroatoms. The van der Waals surface area contributed by atoms with Crippen LogP contribution in [0.2, 0.25) is 0 Å². The van der Waals surface area contributed by atoms with E-state index in [-0.39, 0.29) is 0 Å². The van der Waals surface area contributed by atoms with Crippen LogP contribution in [0.1, 0.15) is 39.3 Å². The van der Waals surface area contributed by atoms with E-state index < -0.39 is 5.54 Å². The monoisotopic (exact) mass is 204 g/mol. The number of aromatic nitrogens is 2. The Morgan fingerprint density at radius 2 is 2.00 bits per heavy atom. The van der Waals surface area contributed by atoms with Gasteiger partial charge < -0.3 is 5.32 Å². The third-order valence-electron chi connectivity index (χ3n) is 2.00. The molecule has 0 spiro atoms. The Kier molecular flexibility index (Phi) is 3.25. The van der Waals surface area contributed by atoms with Gasteiger partial charge in [-0.1, -0.05) is 13.8 Å². The molecule has 0 bridgehead atoms. The molecule has 0 unspecified atom stereocenters. The molecule has 0 atom stereocenters. The maximum Gasteiger partial charge on any atom is 0.149 e. The normalized spacial score (nSPS) is 11.2. The van der Waals surface area contributed by atoms with Crippen molar-refractivity contribution in [2.24, 2.45) is 0 Å². The molecule has 1 aromatic rings. The minimum atomic E-state index is -0.617. The molecule has 1 N–H and O–H groups in total. The van der Waals surface area contributed by atoms with Crippen LogP contribution < -0.4 is 5.32 Å². The predicted molar refractivity (Wildman–Crippen MR) is 59.4 cm³/mol. The average molecular weight is 204 g/mol. The highest BCUT2D eigenvalue weighted by atomic mass is 15.2. The standard InChI is InChI=1S/C11H16N4/c1-8(2)9-5-6-10(15-14-9)13-11(3,4)7-12/h5-6,8H,1-4H3,(H,13,15). The van der Waals surface area contributed by atoms with E-state index >= 15 is 0 Å². The fourth-order valence-electron chi connectivity index (χ4n) is 1.07. The Bertz CT molecular complexity index is 359. The molecule has 0 fully saturated rings. The van der Waals surface area contributed by atoms with E-state index in [0.717, 1.165) is 5.69 Å². The van der Waals surface area contributed by atoms with Gasteiger partial charge in [0.25, 0.3) is 0 Å². The molecule has 0 aliphatic carbocycles. The summed E-state index contributed by atoms with van der Waals surface area (Å²) in [5.41, 5.74) is 0.337. The molecular formula is C11H16N4. The summed E-state index contributed by atoms with van der Waals surface area (Å²) < 4.78 is 0. The van der Waals surface area contributed by atoms with Crippen LogP contribution in [0, 0.1) is 11.3 Å². The Morgan fingerprint density at radius 3 is 2.40 bits per heavy atom. The highest BCUT2D eigenvalue weighted by Gasteiger charge is 2.16. The number of nitrogens with one attached hydrogen (secondary N) is 1. The zero-order valence-electron chi connectivity index (χ0n) is 9.57. The van der Waals surface area contributed by atoms with Gasteiger partial charge in [-0.25, -0.2) is 0 Å². The van der Waals surface area contributed by atoms with Crippen molar-refractivity contribution in [1.82, 2.24) is 10.2 Å². The summed E-state index contributed by atoms with van der Waals surface area (Å²) in [4.78, 5) is 0. The highest BCUT2D eigenvalue weighted by molar-refractivity contribution is 5.39. The molecular weight excluding hydrogens is 188 g/mol. The summed E-state index contributed by atoms with van der Waals surface area (Å²) in [6.07, 6.45) is 0. The van der Waals surface area contributed by atoms with Crippen molar-refractivity contribution in [3.8, 4) is 6.07 Å². The number of hydrogen-bond donors (Lipinski definition) is 1. The summed E-state index contributed by atoms with van der Waals surface area (Å²) >= 11 is 0. The van der Waals surface area contributed by atoms with E-state index in [0.29, 0.717) is 11.7 Å². The lowest BCUT2D eigenvalue weighted by Gasteiger charge is -2.17. The quantitative estimate of drug-likeness (QED) is 0.820. The number of nitriles is 1. The lowest BCUT2D eigenvalue weighted by Crippen LogP contribution is -2.29. The molecule has 0 aliphatic heterocycles. The van der Waals surface area contributed by atoms with Crippen LogP contribution >= 0.6 is 0 Å². The lowest BCUT2D eigenvalue weighted by molar-refractivity contribution is 0.713. The number of anilines is 1. The zero-order valence-corrected chi connectivity index (χ0v) is 9.57. The minimum Gasteiger partial charge on any atom is -0.351 e. The molecule has 1 heterocycles. The van der Waals surface area contributed by atoms with Crippen molar-refractivity contribution in [2.45, 2.75) is 39.2 Å². The Labute approximate surface area is 90.3 Å². The lowest BCUT2D eigenvalue weighted by atomic mass is 10.1. The van der Waals surface area contributed by atoms with Gasteiger partial charge in [-0.15, -0.1) is 5.10 Å². The van der Waals surface area contributed by atoms with Crippen molar-refractivity contribution in [3.05, 3.63) is 17.8 Å². The van der Waals surface area contributed by atoms with E-state index in [9.17, 15) is 0 Å². The molecule has 0 saturated heterocycles. The smallest absolute Gasteiger partial charge is 0.149 e. The zero-order chi connectivity index (χ0) is 11.5. The second-order valence-corrected chi connectivity index (χ2v) is 4.36. The number of hydrogen-bond acceptors (Lipinski definition) is 4. The largest absolute Gasteiger partial charge is 0.351 e. The molecule has 1 rings (SSSR count). The van der Waals surface area contributed by atoms with E-state index in [1.165, 1.54) is 0 Å². The van der Waals surface area contributed by atoms with Crippen molar-refractivity contribution in [1.29, 1.82) is 5.26 Å². The van der Waals surface area contributed by atoms with Crippen LogP contribution in [0.5, 0.6) is 0 Å². The molecule has 0 aliphatic rings. The maximum atomic E-state index is 8.84. The van der Waals surface area contributed by atoms with Crippen LogP contribution in [0.25, 0.3) is 0 Å². The Morgan fingerprint density at radius 1 is 1.33 bits per heavy atom. The Balaban J connectivity index is 2.78. The molecule has 0 saturated carbocycles. The van der Waals surface area contributed by atoms with Crippen LogP contribution in [0.4, 0.5) is 5.82 Å². The van der Waals surface area contributed by atoms with E-state index in [1.807, 2.05) is 12.1 Å². The molecule has 0 aromatic carbocycles. The SMILES string of the molecule is CC(C)c1ccc(NC(C)(C)C#N)nn1. The first-order valence-electron chi connectivity index (χ1n) is 4.97. The minimum absolute atomic E-state index is 0.371. The average Bonchev–Trinajstić information content (AvgIpc) is 2.18.